The Kier molecular flexibility index (Phi) is 5.82. The van der Waals surface area contributed by atoms with Crippen LogP contribution in [0.2, 0.25) is 0 Å². The summed E-state index contributed by atoms with van der Waals surface area (Å²) in [5, 5.41) is 2.99. The van der Waals surface area contributed by atoms with Crippen LogP contribution in [0.3, 0.4) is 0 Å². The second-order valence-electron chi connectivity index (χ2n) is 5.32. The fourth-order valence-electron chi connectivity index (χ4n) is 2.40. The second kappa shape index (κ2) is 6.76. The molecule has 118 valence electrons. The van der Waals surface area contributed by atoms with Crippen LogP contribution in [0, 0.1) is 5.92 Å². The Balaban J connectivity index is 2.67. The molecule has 1 rings (SSSR count). The topological polar surface area (TPSA) is 41.6 Å². The van der Waals surface area contributed by atoms with Gasteiger partial charge in [-0.25, -0.2) is 4.79 Å². The molecular weight excluding hydrogens is 273 g/mol. The van der Waals surface area contributed by atoms with E-state index < -0.39 is 18.1 Å². The highest BCUT2D eigenvalue weighted by Crippen LogP contribution is 2.41. The van der Waals surface area contributed by atoms with Crippen LogP contribution in [0.15, 0.2) is 0 Å². The van der Waals surface area contributed by atoms with Gasteiger partial charge >= 0.3 is 12.1 Å². The van der Waals surface area contributed by atoms with Crippen molar-refractivity contribution < 1.29 is 22.7 Å². The smallest absolute Gasteiger partial charge is 0.390 e. The van der Waals surface area contributed by atoms with Gasteiger partial charge in [-0.1, -0.05) is 0 Å². The average molecular weight is 296 g/mol. The van der Waals surface area contributed by atoms with Gasteiger partial charge in [-0.15, -0.1) is 0 Å². The van der Waals surface area contributed by atoms with E-state index in [4.69, 9.17) is 4.74 Å². The summed E-state index contributed by atoms with van der Waals surface area (Å²) in [6.07, 6.45) is -3.27. The highest BCUT2D eigenvalue weighted by Gasteiger charge is 2.51. The zero-order chi connectivity index (χ0) is 15.4. The molecule has 0 aromatic carbocycles. The lowest BCUT2D eigenvalue weighted by molar-refractivity contribution is -0.153. The molecule has 7 heteroatoms. The van der Waals surface area contributed by atoms with Gasteiger partial charge < -0.3 is 15.0 Å². The van der Waals surface area contributed by atoms with Gasteiger partial charge in [-0.2, -0.15) is 13.2 Å². The number of nitrogens with one attached hydrogen (secondary N) is 1. The minimum atomic E-state index is -4.18. The summed E-state index contributed by atoms with van der Waals surface area (Å²) >= 11 is 0. The number of carbonyl (C=O) groups excluding carboxylic acids is 1. The molecule has 0 bridgehead atoms. The van der Waals surface area contributed by atoms with Gasteiger partial charge in [0.15, 0.2) is 0 Å². The molecule has 0 aromatic heterocycles. The predicted molar refractivity (Wildman–Crippen MR) is 69.3 cm³/mol. The van der Waals surface area contributed by atoms with E-state index in [-0.39, 0.29) is 31.6 Å². The Morgan fingerprint density at radius 3 is 2.40 bits per heavy atom. The molecule has 1 aliphatic carbocycles. The largest absolute Gasteiger partial charge is 0.465 e. The molecule has 0 aromatic rings. The number of likely N-dealkylation sites (N-methyl/N-ethyl adjacent to an activating group) is 2. The number of alkyl halides is 3. The van der Waals surface area contributed by atoms with Crippen molar-refractivity contribution in [3.8, 4) is 0 Å². The summed E-state index contributed by atoms with van der Waals surface area (Å²) in [6, 6.07) is 0. The van der Waals surface area contributed by atoms with Gasteiger partial charge in [0.1, 0.15) is 5.54 Å². The fraction of sp³-hybridized carbons (Fsp3) is 0.923. The lowest BCUT2D eigenvalue weighted by Crippen LogP contribution is -2.59. The fourth-order valence-corrected chi connectivity index (χ4v) is 2.40. The van der Waals surface area contributed by atoms with Crippen LogP contribution in [0.1, 0.15) is 26.2 Å². The Hall–Kier alpha value is -0.820. The number of hydrogen-bond donors (Lipinski definition) is 1. The quantitative estimate of drug-likeness (QED) is 0.694. The van der Waals surface area contributed by atoms with Crippen molar-refractivity contribution in [2.75, 3.05) is 33.8 Å². The Morgan fingerprint density at radius 2 is 2.00 bits per heavy atom. The normalized spacial score (nSPS) is 18.9. The molecule has 0 saturated heterocycles. The van der Waals surface area contributed by atoms with E-state index in [1.807, 2.05) is 0 Å². The van der Waals surface area contributed by atoms with Gasteiger partial charge in [0.2, 0.25) is 0 Å². The number of nitrogens with zero attached hydrogens (tertiary/aromatic N) is 1. The van der Waals surface area contributed by atoms with Gasteiger partial charge in [-0.3, -0.25) is 0 Å². The van der Waals surface area contributed by atoms with E-state index in [1.54, 1.807) is 25.9 Å². The van der Waals surface area contributed by atoms with Gasteiger partial charge in [0.25, 0.3) is 0 Å². The summed E-state index contributed by atoms with van der Waals surface area (Å²) in [5.41, 5.74) is -0.893. The first-order valence-corrected chi connectivity index (χ1v) is 6.86. The lowest BCUT2D eigenvalue weighted by atomic mass is 9.92. The molecule has 20 heavy (non-hydrogen) atoms. The van der Waals surface area contributed by atoms with Crippen molar-refractivity contribution in [2.45, 2.75) is 37.9 Å². The number of esters is 1. The third-order valence-electron chi connectivity index (χ3n) is 3.66. The minimum Gasteiger partial charge on any atom is -0.465 e. The van der Waals surface area contributed by atoms with Crippen LogP contribution in [-0.2, 0) is 9.53 Å². The van der Waals surface area contributed by atoms with Crippen molar-refractivity contribution in [2.24, 2.45) is 5.92 Å². The standard InChI is InChI=1S/C13H23F3N2O2/c1-4-20-11(19)12(17-2,10-5-6-10)9-18(3)8-7-13(14,15)16/h10,17H,4-9H2,1-3H3. The minimum absolute atomic E-state index is 0.126. The van der Waals surface area contributed by atoms with Crippen molar-refractivity contribution >= 4 is 5.97 Å². The molecule has 4 nitrogen and oxygen atoms in total. The van der Waals surface area contributed by atoms with Gasteiger partial charge in [-0.05, 0) is 39.8 Å². The average Bonchev–Trinajstić information content (AvgIpc) is 3.17. The number of halogens is 3. The van der Waals surface area contributed by atoms with Crippen molar-refractivity contribution in [1.82, 2.24) is 10.2 Å². The first-order valence-electron chi connectivity index (χ1n) is 6.86. The molecule has 0 amide bonds. The third-order valence-corrected chi connectivity index (χ3v) is 3.66. The molecule has 0 aliphatic heterocycles. The molecule has 1 N–H and O–H groups in total. The first-order chi connectivity index (χ1) is 9.25. The Morgan fingerprint density at radius 1 is 1.40 bits per heavy atom. The second-order valence-corrected chi connectivity index (χ2v) is 5.32. The van der Waals surface area contributed by atoms with Crippen LogP contribution in [0.25, 0.3) is 0 Å². The van der Waals surface area contributed by atoms with E-state index in [0.29, 0.717) is 0 Å². The summed E-state index contributed by atoms with van der Waals surface area (Å²) in [4.78, 5) is 13.7. The summed E-state index contributed by atoms with van der Waals surface area (Å²) in [7, 11) is 3.26. The van der Waals surface area contributed by atoms with E-state index in [1.165, 1.54) is 0 Å². The molecule has 0 spiro atoms. The van der Waals surface area contributed by atoms with Crippen molar-refractivity contribution in [3.05, 3.63) is 0 Å². The summed E-state index contributed by atoms with van der Waals surface area (Å²) in [6.45, 7) is 2.09. The van der Waals surface area contributed by atoms with E-state index in [2.05, 4.69) is 5.32 Å². The van der Waals surface area contributed by atoms with E-state index >= 15 is 0 Å². The molecule has 0 heterocycles. The first kappa shape index (κ1) is 17.2. The highest BCUT2D eigenvalue weighted by atomic mass is 19.4. The number of rotatable bonds is 8. The number of hydrogen-bond acceptors (Lipinski definition) is 4. The molecular formula is C13H23F3N2O2. The highest BCUT2D eigenvalue weighted by molar-refractivity contribution is 5.82. The van der Waals surface area contributed by atoms with Crippen LogP contribution >= 0.6 is 0 Å². The van der Waals surface area contributed by atoms with Crippen LogP contribution in [-0.4, -0.2) is 56.4 Å². The molecule has 0 radical (unpaired) electrons. The molecule has 1 fully saturated rings. The molecule has 1 saturated carbocycles. The molecule has 1 unspecified atom stereocenters. The lowest BCUT2D eigenvalue weighted by Gasteiger charge is -2.35. The zero-order valence-electron chi connectivity index (χ0n) is 12.2. The number of carbonyl (C=O) groups is 1. The SMILES string of the molecule is CCOC(=O)C(CN(C)CCC(F)(F)F)(NC)C1CC1. The monoisotopic (exact) mass is 296 g/mol. The Labute approximate surface area is 117 Å². The van der Waals surface area contributed by atoms with Gasteiger partial charge in [0, 0.05) is 13.1 Å². The molecule has 1 aliphatic rings. The van der Waals surface area contributed by atoms with Crippen LogP contribution < -0.4 is 5.32 Å². The van der Waals surface area contributed by atoms with E-state index in [9.17, 15) is 18.0 Å². The van der Waals surface area contributed by atoms with Gasteiger partial charge in [0.05, 0.1) is 13.0 Å². The zero-order valence-corrected chi connectivity index (χ0v) is 12.2. The van der Waals surface area contributed by atoms with Crippen LogP contribution in [0.4, 0.5) is 13.2 Å². The van der Waals surface area contributed by atoms with Crippen molar-refractivity contribution in [3.63, 3.8) is 0 Å². The maximum atomic E-state index is 12.2. The molecule has 1 atom stereocenters. The predicted octanol–water partition coefficient (Wildman–Crippen LogP) is 1.80. The maximum Gasteiger partial charge on any atom is 0.390 e. The summed E-state index contributed by atoms with van der Waals surface area (Å²) in [5.74, 6) is -0.233. The summed E-state index contributed by atoms with van der Waals surface area (Å²) < 4.78 is 41.8. The van der Waals surface area contributed by atoms with Crippen LogP contribution in [0.5, 0.6) is 0 Å². The maximum absolute atomic E-state index is 12.2. The number of ether oxygens (including phenoxy) is 1. The Bertz CT molecular complexity index is 332. The van der Waals surface area contributed by atoms with E-state index in [0.717, 1.165) is 12.8 Å². The van der Waals surface area contributed by atoms with Crippen molar-refractivity contribution in [1.29, 1.82) is 0 Å². The third kappa shape index (κ3) is 4.63.